The van der Waals surface area contributed by atoms with E-state index in [9.17, 15) is 0 Å². The second kappa shape index (κ2) is 4.62. The van der Waals surface area contributed by atoms with E-state index < -0.39 is 0 Å². The zero-order chi connectivity index (χ0) is 13.5. The van der Waals surface area contributed by atoms with Gasteiger partial charge in [-0.05, 0) is 61.8 Å². The molecule has 20 heavy (non-hydrogen) atoms. The lowest BCUT2D eigenvalue weighted by Crippen LogP contribution is -2.28. The number of rotatable bonds is 3. The van der Waals surface area contributed by atoms with Crippen LogP contribution in [0.25, 0.3) is 10.9 Å². The maximum Gasteiger partial charge on any atom is 0.0722 e. The van der Waals surface area contributed by atoms with E-state index in [1.54, 1.807) is 0 Å². The molecule has 1 heterocycles. The normalized spacial score (nSPS) is 28.9. The van der Waals surface area contributed by atoms with Crippen molar-refractivity contribution < 1.29 is 0 Å². The van der Waals surface area contributed by atoms with E-state index in [0.717, 1.165) is 23.3 Å². The predicted octanol–water partition coefficient (Wildman–Crippen LogP) is 4.25. The van der Waals surface area contributed by atoms with Crippen molar-refractivity contribution in [3.8, 4) is 0 Å². The average Bonchev–Trinajstić information content (AvgIpc) is 3.10. The second-order valence-electron chi connectivity index (χ2n) is 6.25. The van der Waals surface area contributed by atoms with E-state index in [0.29, 0.717) is 6.04 Å². The first-order valence-electron chi connectivity index (χ1n) is 7.60. The summed E-state index contributed by atoms with van der Waals surface area (Å²) in [6.07, 6.45) is 9.42. The van der Waals surface area contributed by atoms with Crippen LogP contribution in [0.4, 0.5) is 5.69 Å². The molecule has 4 atom stereocenters. The summed E-state index contributed by atoms with van der Waals surface area (Å²) in [6, 6.07) is 11.0. The molecule has 4 rings (SSSR count). The number of hydrogen-bond acceptors (Lipinski definition) is 2. The summed E-state index contributed by atoms with van der Waals surface area (Å²) in [5.41, 5.74) is 2.28. The SMILES string of the molecule is CC(Nc1cccc2ncccc12)C1CC2C=CC1C2. The van der Waals surface area contributed by atoms with E-state index in [-0.39, 0.29) is 0 Å². The zero-order valence-corrected chi connectivity index (χ0v) is 11.8. The van der Waals surface area contributed by atoms with Crippen LogP contribution in [0.2, 0.25) is 0 Å². The van der Waals surface area contributed by atoms with Crippen molar-refractivity contribution in [3.63, 3.8) is 0 Å². The van der Waals surface area contributed by atoms with Gasteiger partial charge in [-0.15, -0.1) is 0 Å². The van der Waals surface area contributed by atoms with Gasteiger partial charge in [0, 0.05) is 23.3 Å². The van der Waals surface area contributed by atoms with Gasteiger partial charge in [0.1, 0.15) is 0 Å². The molecular weight excluding hydrogens is 244 g/mol. The van der Waals surface area contributed by atoms with Crippen LogP contribution in [0.15, 0.2) is 48.7 Å². The summed E-state index contributed by atoms with van der Waals surface area (Å²) in [7, 11) is 0. The van der Waals surface area contributed by atoms with Crippen LogP contribution in [-0.2, 0) is 0 Å². The van der Waals surface area contributed by atoms with Crippen molar-refractivity contribution in [2.45, 2.75) is 25.8 Å². The molecule has 0 radical (unpaired) electrons. The number of pyridine rings is 1. The highest BCUT2D eigenvalue weighted by Gasteiger charge is 2.38. The lowest BCUT2D eigenvalue weighted by Gasteiger charge is -2.27. The Kier molecular flexibility index (Phi) is 2.76. The minimum Gasteiger partial charge on any atom is -0.382 e. The Morgan fingerprint density at radius 1 is 1.15 bits per heavy atom. The third-order valence-corrected chi connectivity index (χ3v) is 5.00. The molecule has 0 amide bonds. The smallest absolute Gasteiger partial charge is 0.0722 e. The molecule has 0 aliphatic heterocycles. The number of fused-ring (bicyclic) bond motifs is 3. The zero-order valence-electron chi connectivity index (χ0n) is 11.8. The second-order valence-corrected chi connectivity index (χ2v) is 6.25. The van der Waals surface area contributed by atoms with Gasteiger partial charge in [0.15, 0.2) is 0 Å². The molecule has 2 bridgehead atoms. The molecule has 102 valence electrons. The van der Waals surface area contributed by atoms with Gasteiger partial charge in [-0.2, -0.15) is 0 Å². The summed E-state index contributed by atoms with van der Waals surface area (Å²) >= 11 is 0. The van der Waals surface area contributed by atoms with Gasteiger partial charge < -0.3 is 5.32 Å². The molecule has 1 aromatic carbocycles. The number of hydrogen-bond donors (Lipinski definition) is 1. The van der Waals surface area contributed by atoms with Crippen molar-refractivity contribution in [3.05, 3.63) is 48.7 Å². The number of aromatic nitrogens is 1. The van der Waals surface area contributed by atoms with Gasteiger partial charge in [0.25, 0.3) is 0 Å². The monoisotopic (exact) mass is 264 g/mol. The van der Waals surface area contributed by atoms with Gasteiger partial charge in [0.05, 0.1) is 5.52 Å². The summed E-state index contributed by atoms with van der Waals surface area (Å²) in [5.74, 6) is 2.40. The highest BCUT2D eigenvalue weighted by molar-refractivity contribution is 5.91. The molecule has 1 saturated carbocycles. The van der Waals surface area contributed by atoms with Crippen molar-refractivity contribution in [1.82, 2.24) is 4.98 Å². The third-order valence-electron chi connectivity index (χ3n) is 5.00. The molecule has 1 fully saturated rings. The van der Waals surface area contributed by atoms with Crippen molar-refractivity contribution in [1.29, 1.82) is 0 Å². The first kappa shape index (κ1) is 12.0. The Bertz CT molecular complexity index is 656. The minimum atomic E-state index is 0.515. The quantitative estimate of drug-likeness (QED) is 0.838. The summed E-state index contributed by atoms with van der Waals surface area (Å²) in [5, 5.41) is 4.96. The maximum atomic E-state index is 4.43. The third kappa shape index (κ3) is 1.91. The minimum absolute atomic E-state index is 0.515. The molecule has 2 heteroatoms. The molecule has 4 unspecified atom stereocenters. The van der Waals surface area contributed by atoms with Crippen LogP contribution in [0, 0.1) is 17.8 Å². The highest BCUT2D eigenvalue weighted by Crippen LogP contribution is 2.45. The van der Waals surface area contributed by atoms with Crippen molar-refractivity contribution in [2.75, 3.05) is 5.32 Å². The molecular formula is C18H20N2. The Balaban J connectivity index is 1.60. The molecule has 0 saturated heterocycles. The van der Waals surface area contributed by atoms with Gasteiger partial charge >= 0.3 is 0 Å². The highest BCUT2D eigenvalue weighted by atomic mass is 14.9. The Labute approximate surface area is 119 Å². The van der Waals surface area contributed by atoms with E-state index in [1.807, 2.05) is 12.3 Å². The molecule has 1 aromatic heterocycles. The van der Waals surface area contributed by atoms with Crippen LogP contribution >= 0.6 is 0 Å². The molecule has 2 aliphatic rings. The fraction of sp³-hybridized carbons (Fsp3) is 0.389. The number of nitrogens with one attached hydrogen (secondary N) is 1. The maximum absolute atomic E-state index is 4.43. The van der Waals surface area contributed by atoms with Crippen molar-refractivity contribution >= 4 is 16.6 Å². The van der Waals surface area contributed by atoms with Crippen molar-refractivity contribution in [2.24, 2.45) is 17.8 Å². The fourth-order valence-electron chi connectivity index (χ4n) is 3.98. The van der Waals surface area contributed by atoms with Gasteiger partial charge in [-0.1, -0.05) is 18.2 Å². The largest absolute Gasteiger partial charge is 0.382 e. The van der Waals surface area contributed by atoms with Gasteiger partial charge in [-0.3, -0.25) is 4.98 Å². The van der Waals surface area contributed by atoms with Crippen LogP contribution in [-0.4, -0.2) is 11.0 Å². The molecule has 2 aliphatic carbocycles. The van der Waals surface area contributed by atoms with Crippen LogP contribution in [0.3, 0.4) is 0 Å². The number of nitrogens with zero attached hydrogens (tertiary/aromatic N) is 1. The van der Waals surface area contributed by atoms with Crippen LogP contribution in [0.5, 0.6) is 0 Å². The molecule has 1 N–H and O–H groups in total. The summed E-state index contributed by atoms with van der Waals surface area (Å²) < 4.78 is 0. The predicted molar refractivity (Wildman–Crippen MR) is 83.7 cm³/mol. The van der Waals surface area contributed by atoms with E-state index >= 15 is 0 Å². The Morgan fingerprint density at radius 3 is 2.90 bits per heavy atom. The Hall–Kier alpha value is -1.83. The summed E-state index contributed by atoms with van der Waals surface area (Å²) in [6.45, 7) is 2.33. The number of allylic oxidation sites excluding steroid dienone is 2. The lowest BCUT2D eigenvalue weighted by atomic mass is 9.87. The number of benzene rings is 1. The van der Waals surface area contributed by atoms with E-state index in [1.165, 1.54) is 23.9 Å². The van der Waals surface area contributed by atoms with Gasteiger partial charge in [0.2, 0.25) is 0 Å². The Morgan fingerprint density at radius 2 is 2.10 bits per heavy atom. The van der Waals surface area contributed by atoms with E-state index in [2.05, 4.69) is 53.6 Å². The summed E-state index contributed by atoms with van der Waals surface area (Å²) in [4.78, 5) is 4.43. The first-order chi connectivity index (χ1) is 9.81. The lowest BCUT2D eigenvalue weighted by molar-refractivity contribution is 0.400. The van der Waals surface area contributed by atoms with Crippen LogP contribution < -0.4 is 5.32 Å². The molecule has 2 nitrogen and oxygen atoms in total. The molecule has 2 aromatic rings. The topological polar surface area (TPSA) is 24.9 Å². The van der Waals surface area contributed by atoms with Gasteiger partial charge in [-0.25, -0.2) is 0 Å². The molecule has 0 spiro atoms. The first-order valence-corrected chi connectivity index (χ1v) is 7.60. The van der Waals surface area contributed by atoms with E-state index in [4.69, 9.17) is 0 Å². The number of anilines is 1. The standard InChI is InChI=1S/C18H20N2/c1-12(16-11-13-7-8-14(16)10-13)20-18-6-2-5-17-15(18)4-3-9-19-17/h2-9,12-14,16,20H,10-11H2,1H3. The fourth-order valence-corrected chi connectivity index (χ4v) is 3.98. The van der Waals surface area contributed by atoms with Crippen LogP contribution in [0.1, 0.15) is 19.8 Å². The average molecular weight is 264 g/mol.